The lowest BCUT2D eigenvalue weighted by Crippen LogP contribution is -2.13. The summed E-state index contributed by atoms with van der Waals surface area (Å²) in [6.45, 7) is 11.3. The van der Waals surface area contributed by atoms with Gasteiger partial charge in [0.05, 0.1) is 0 Å². The van der Waals surface area contributed by atoms with Crippen LogP contribution in [0, 0.1) is 13.8 Å². The van der Waals surface area contributed by atoms with Crippen molar-refractivity contribution in [1.29, 1.82) is 0 Å². The second kappa shape index (κ2) is 8.47. The zero-order chi connectivity index (χ0) is 22.8. The Morgan fingerprint density at radius 3 is 2.41 bits per heavy atom. The van der Waals surface area contributed by atoms with E-state index in [0.29, 0.717) is 16.8 Å². The summed E-state index contributed by atoms with van der Waals surface area (Å²) in [5.74, 6) is -0.678. The lowest BCUT2D eigenvalue weighted by molar-refractivity contribution is -0.111. The number of carbonyl (C=O) groups excluding carboxylic acids is 2. The molecule has 32 heavy (non-hydrogen) atoms. The molecule has 0 radical (unpaired) electrons. The van der Waals surface area contributed by atoms with Crippen LogP contribution in [0.3, 0.4) is 0 Å². The number of nitrogens with one attached hydrogen (secondary N) is 2. The van der Waals surface area contributed by atoms with E-state index in [1.807, 2.05) is 80.6 Å². The third-order valence-electron chi connectivity index (χ3n) is 5.50. The molecule has 0 bridgehead atoms. The van der Waals surface area contributed by atoms with Crippen LogP contribution in [0.2, 0.25) is 0 Å². The van der Waals surface area contributed by atoms with Crippen molar-refractivity contribution in [3.8, 4) is 11.1 Å². The van der Waals surface area contributed by atoms with E-state index in [2.05, 4.69) is 28.6 Å². The molecule has 0 saturated carbocycles. The third-order valence-corrected chi connectivity index (χ3v) is 5.50. The molecule has 0 aliphatic carbocycles. The molecule has 0 fully saturated rings. The number of aromatic nitrogens is 1. The van der Waals surface area contributed by atoms with Crippen LogP contribution in [0.5, 0.6) is 0 Å². The highest BCUT2D eigenvalue weighted by Crippen LogP contribution is 2.33. The number of aromatic amines is 1. The summed E-state index contributed by atoms with van der Waals surface area (Å²) >= 11 is 0. The first kappa shape index (κ1) is 21.0. The van der Waals surface area contributed by atoms with Gasteiger partial charge in [-0.1, -0.05) is 61.2 Å². The van der Waals surface area contributed by atoms with Crippen LogP contribution in [0.4, 0.5) is 5.69 Å². The Morgan fingerprint density at radius 2 is 1.69 bits per heavy atom. The number of amides is 2. The van der Waals surface area contributed by atoms with Crippen LogP contribution in [0.15, 0.2) is 78.3 Å². The number of benzene rings is 3. The van der Waals surface area contributed by atoms with Crippen LogP contribution in [0.1, 0.15) is 27.2 Å². The molecule has 0 aliphatic rings. The minimum atomic E-state index is -0.419. The summed E-state index contributed by atoms with van der Waals surface area (Å²) < 4.78 is 0. The molecule has 5 heteroatoms. The van der Waals surface area contributed by atoms with Gasteiger partial charge in [0, 0.05) is 27.7 Å². The maximum absolute atomic E-state index is 12.8. The quantitative estimate of drug-likeness (QED) is 0.309. The molecule has 1 heterocycles. The number of aliphatic imine (C=N–C) groups is 1. The van der Waals surface area contributed by atoms with E-state index < -0.39 is 5.91 Å². The van der Waals surface area contributed by atoms with Gasteiger partial charge in [0.15, 0.2) is 0 Å². The van der Waals surface area contributed by atoms with E-state index in [-0.39, 0.29) is 5.91 Å². The van der Waals surface area contributed by atoms with Crippen molar-refractivity contribution < 1.29 is 9.59 Å². The Balaban J connectivity index is 1.64. The number of fused-ring (bicyclic) bond motifs is 1. The van der Waals surface area contributed by atoms with Gasteiger partial charge < -0.3 is 10.3 Å². The summed E-state index contributed by atoms with van der Waals surface area (Å²) in [5, 5.41) is 3.86. The smallest absolute Gasteiger partial charge is 0.293 e. The molecule has 2 amide bonds. The Hall–Kier alpha value is -4.25. The van der Waals surface area contributed by atoms with Gasteiger partial charge in [-0.3, -0.25) is 9.59 Å². The fourth-order valence-corrected chi connectivity index (χ4v) is 3.72. The summed E-state index contributed by atoms with van der Waals surface area (Å²) in [6.07, 6.45) is 0. The van der Waals surface area contributed by atoms with E-state index in [1.54, 1.807) is 0 Å². The summed E-state index contributed by atoms with van der Waals surface area (Å²) in [7, 11) is 0. The fraction of sp³-hybridized carbons (Fsp3) is 0.0741. The minimum absolute atomic E-state index is 0.259. The van der Waals surface area contributed by atoms with E-state index >= 15 is 0 Å². The van der Waals surface area contributed by atoms with Crippen molar-refractivity contribution in [2.24, 2.45) is 4.99 Å². The van der Waals surface area contributed by atoms with Crippen molar-refractivity contribution in [1.82, 2.24) is 4.98 Å². The van der Waals surface area contributed by atoms with Crippen LogP contribution in [-0.2, 0) is 4.79 Å². The van der Waals surface area contributed by atoms with Crippen molar-refractivity contribution >= 4 is 40.7 Å². The normalized spacial score (nSPS) is 10.7. The van der Waals surface area contributed by atoms with E-state index in [1.165, 1.54) is 0 Å². The first-order valence-corrected chi connectivity index (χ1v) is 10.2. The predicted octanol–water partition coefficient (Wildman–Crippen LogP) is 5.94. The Labute approximate surface area is 186 Å². The summed E-state index contributed by atoms with van der Waals surface area (Å²) in [5.41, 5.74) is 6.71. The second-order valence-electron chi connectivity index (χ2n) is 7.71. The van der Waals surface area contributed by atoms with Crippen LogP contribution >= 0.6 is 0 Å². The van der Waals surface area contributed by atoms with Crippen molar-refractivity contribution in [2.75, 3.05) is 5.32 Å². The first-order chi connectivity index (χ1) is 15.4. The number of para-hydroxylation sites is 1. The summed E-state index contributed by atoms with van der Waals surface area (Å²) in [6, 6.07) is 21.0. The van der Waals surface area contributed by atoms with Crippen molar-refractivity contribution in [3.63, 3.8) is 0 Å². The molecule has 4 aromatic rings. The number of rotatable bonds is 5. The van der Waals surface area contributed by atoms with Crippen LogP contribution in [0.25, 0.3) is 27.6 Å². The molecule has 0 spiro atoms. The molecule has 0 saturated heterocycles. The SMILES string of the molecule is C=NC(=O)c1[nH]c2ccccc2c1-c1ccc(C(=C)C(=O)Nc2cc(C)ccc2C)cc1. The average molecular weight is 422 g/mol. The molecule has 0 atom stereocenters. The average Bonchev–Trinajstić information content (AvgIpc) is 3.20. The van der Waals surface area contributed by atoms with Gasteiger partial charge in [0.25, 0.3) is 11.8 Å². The number of anilines is 1. The number of aryl methyl sites for hydroxylation is 2. The highest BCUT2D eigenvalue weighted by molar-refractivity contribution is 6.24. The molecule has 1 aromatic heterocycles. The highest BCUT2D eigenvalue weighted by atomic mass is 16.2. The van der Waals surface area contributed by atoms with Gasteiger partial charge in [-0.05, 0) is 55.0 Å². The lowest BCUT2D eigenvalue weighted by Gasteiger charge is -2.12. The highest BCUT2D eigenvalue weighted by Gasteiger charge is 2.19. The molecule has 3 aromatic carbocycles. The maximum Gasteiger partial charge on any atom is 0.293 e. The molecule has 0 aliphatic heterocycles. The largest absolute Gasteiger partial charge is 0.350 e. The van der Waals surface area contributed by atoms with E-state index in [4.69, 9.17) is 0 Å². The zero-order valence-corrected chi connectivity index (χ0v) is 18.0. The number of carbonyl (C=O) groups is 2. The van der Waals surface area contributed by atoms with Gasteiger partial charge >= 0.3 is 0 Å². The topological polar surface area (TPSA) is 74.3 Å². The molecule has 2 N–H and O–H groups in total. The monoisotopic (exact) mass is 421 g/mol. The number of nitrogens with zero attached hydrogens (tertiary/aromatic N) is 1. The molecular weight excluding hydrogens is 398 g/mol. The van der Waals surface area contributed by atoms with E-state index in [9.17, 15) is 9.59 Å². The number of hydrogen-bond acceptors (Lipinski definition) is 2. The zero-order valence-electron chi connectivity index (χ0n) is 18.0. The van der Waals surface area contributed by atoms with Gasteiger partial charge in [-0.15, -0.1) is 0 Å². The lowest BCUT2D eigenvalue weighted by atomic mass is 9.98. The first-order valence-electron chi connectivity index (χ1n) is 10.2. The van der Waals surface area contributed by atoms with Gasteiger partial charge in [-0.25, -0.2) is 4.99 Å². The molecule has 158 valence electrons. The Bertz CT molecular complexity index is 1380. The molecule has 4 rings (SSSR count). The number of hydrogen-bond donors (Lipinski definition) is 2. The fourth-order valence-electron chi connectivity index (χ4n) is 3.72. The van der Waals surface area contributed by atoms with Gasteiger partial charge in [-0.2, -0.15) is 0 Å². The molecule has 5 nitrogen and oxygen atoms in total. The van der Waals surface area contributed by atoms with Crippen LogP contribution < -0.4 is 5.32 Å². The third kappa shape index (κ3) is 3.88. The van der Waals surface area contributed by atoms with Gasteiger partial charge in [0.2, 0.25) is 0 Å². The number of H-pyrrole nitrogens is 1. The Morgan fingerprint density at radius 1 is 0.969 bits per heavy atom. The van der Waals surface area contributed by atoms with E-state index in [0.717, 1.165) is 38.8 Å². The summed E-state index contributed by atoms with van der Waals surface area (Å²) in [4.78, 5) is 31.8. The Kier molecular flexibility index (Phi) is 5.56. The standard InChI is InChI=1S/C27H23N3O2/c1-16-9-10-17(2)23(15-16)30-26(31)18(3)19-11-13-20(14-12-19)24-21-7-5-6-8-22(21)29-25(24)27(32)28-4/h5-15,29H,3-4H2,1-2H3,(H,30,31). The molecule has 0 unspecified atom stereocenters. The molecular formula is C27H23N3O2. The van der Waals surface area contributed by atoms with Crippen molar-refractivity contribution in [2.45, 2.75) is 13.8 Å². The van der Waals surface area contributed by atoms with Gasteiger partial charge in [0.1, 0.15) is 5.69 Å². The minimum Gasteiger partial charge on any atom is -0.350 e. The predicted molar refractivity (Wildman–Crippen MR) is 131 cm³/mol. The van der Waals surface area contributed by atoms with Crippen LogP contribution in [-0.4, -0.2) is 23.5 Å². The second-order valence-corrected chi connectivity index (χ2v) is 7.71. The maximum atomic E-state index is 12.8. The van der Waals surface area contributed by atoms with Crippen molar-refractivity contribution in [3.05, 3.63) is 95.7 Å².